The molecule has 1 heterocycles. The Morgan fingerprint density at radius 2 is 2.31 bits per heavy atom. The van der Waals surface area contributed by atoms with E-state index in [9.17, 15) is 4.79 Å². The third-order valence-corrected chi connectivity index (χ3v) is 2.71. The largest absolute Gasteiger partial charge is 0.490 e. The molecule has 4 N–H and O–H groups in total. The first kappa shape index (κ1) is 10.9. The highest BCUT2D eigenvalue weighted by Gasteiger charge is 2.23. The predicted octanol–water partition coefficient (Wildman–Crippen LogP) is 0.439. The molecule has 0 bridgehead atoms. The number of nitrogens with two attached hydrogens (primary N) is 2. The molecule has 1 aromatic heterocycles. The monoisotopic (exact) mass is 221 g/mol. The van der Waals surface area contributed by atoms with Crippen LogP contribution in [0.3, 0.4) is 0 Å². The molecule has 1 aliphatic rings. The number of rotatable bonds is 3. The fourth-order valence-electron chi connectivity index (χ4n) is 1.89. The third kappa shape index (κ3) is 2.49. The molecule has 1 saturated carbocycles. The van der Waals surface area contributed by atoms with Gasteiger partial charge in [-0.15, -0.1) is 0 Å². The maximum absolute atomic E-state index is 10.9. The molecule has 1 aliphatic carbocycles. The van der Waals surface area contributed by atoms with Crippen molar-refractivity contribution in [1.82, 2.24) is 4.98 Å². The molecule has 2 atom stereocenters. The van der Waals surface area contributed by atoms with Gasteiger partial charge in [0.05, 0.1) is 0 Å². The molecule has 5 heteroatoms. The van der Waals surface area contributed by atoms with Crippen LogP contribution in [0, 0.1) is 0 Å². The molecule has 1 amide bonds. The Kier molecular flexibility index (Phi) is 3.05. The Bertz CT molecular complexity index is 395. The van der Waals surface area contributed by atoms with E-state index in [2.05, 4.69) is 4.98 Å². The number of hydrogen-bond donors (Lipinski definition) is 2. The lowest BCUT2D eigenvalue weighted by atomic mass is 10.2. The third-order valence-electron chi connectivity index (χ3n) is 2.71. The molecule has 0 radical (unpaired) electrons. The highest BCUT2D eigenvalue weighted by atomic mass is 16.5. The number of hydrogen-bond acceptors (Lipinski definition) is 4. The summed E-state index contributed by atoms with van der Waals surface area (Å²) in [4.78, 5) is 14.8. The van der Waals surface area contributed by atoms with Gasteiger partial charge in [-0.25, -0.2) is 0 Å². The summed E-state index contributed by atoms with van der Waals surface area (Å²) in [5.41, 5.74) is 11.1. The van der Waals surface area contributed by atoms with Crippen LogP contribution in [0.15, 0.2) is 18.3 Å². The lowest BCUT2D eigenvalue weighted by Gasteiger charge is -2.13. The van der Waals surface area contributed by atoms with Gasteiger partial charge in [0.15, 0.2) is 0 Å². The normalized spacial score (nSPS) is 24.3. The summed E-state index contributed by atoms with van der Waals surface area (Å²) in [6.07, 6.45) is 4.45. The Hall–Kier alpha value is -1.62. The van der Waals surface area contributed by atoms with Crippen molar-refractivity contribution >= 4 is 5.91 Å². The number of aromatic nitrogens is 1. The van der Waals surface area contributed by atoms with Gasteiger partial charge >= 0.3 is 0 Å². The fourth-order valence-corrected chi connectivity index (χ4v) is 1.89. The number of pyridine rings is 1. The minimum absolute atomic E-state index is 0.137. The van der Waals surface area contributed by atoms with Crippen LogP contribution < -0.4 is 16.2 Å². The van der Waals surface area contributed by atoms with Crippen molar-refractivity contribution in [2.75, 3.05) is 0 Å². The number of carbonyl (C=O) groups is 1. The van der Waals surface area contributed by atoms with Gasteiger partial charge in [-0.3, -0.25) is 9.78 Å². The smallest absolute Gasteiger partial charge is 0.267 e. The van der Waals surface area contributed by atoms with E-state index in [1.807, 2.05) is 0 Å². The lowest BCUT2D eigenvalue weighted by molar-refractivity contribution is 0.0994. The molecule has 2 rings (SSSR count). The van der Waals surface area contributed by atoms with E-state index in [0.29, 0.717) is 5.75 Å². The standard InChI is InChI=1S/C11H15N3O2/c12-7-1-2-8(5-7)16-9-3-4-14-10(6-9)11(13)15/h3-4,6-8H,1-2,5,12H2,(H2,13,15). The zero-order chi connectivity index (χ0) is 11.5. The number of amides is 1. The number of primary amides is 1. The minimum atomic E-state index is -0.548. The fraction of sp³-hybridized carbons (Fsp3) is 0.455. The van der Waals surface area contributed by atoms with Crippen LogP contribution in [0.25, 0.3) is 0 Å². The van der Waals surface area contributed by atoms with Gasteiger partial charge in [-0.2, -0.15) is 0 Å². The Morgan fingerprint density at radius 1 is 1.50 bits per heavy atom. The average Bonchev–Trinajstić information content (AvgIpc) is 2.64. The average molecular weight is 221 g/mol. The summed E-state index contributed by atoms with van der Waals surface area (Å²) in [6.45, 7) is 0. The second-order valence-corrected chi connectivity index (χ2v) is 4.05. The van der Waals surface area contributed by atoms with E-state index in [1.54, 1.807) is 12.1 Å². The van der Waals surface area contributed by atoms with E-state index in [-0.39, 0.29) is 17.8 Å². The van der Waals surface area contributed by atoms with Gasteiger partial charge < -0.3 is 16.2 Å². The lowest BCUT2D eigenvalue weighted by Crippen LogP contribution is -2.19. The van der Waals surface area contributed by atoms with Gasteiger partial charge in [0.2, 0.25) is 0 Å². The molecule has 2 unspecified atom stereocenters. The van der Waals surface area contributed by atoms with Crippen molar-refractivity contribution in [3.8, 4) is 5.75 Å². The van der Waals surface area contributed by atoms with Crippen LogP contribution in [0.2, 0.25) is 0 Å². The molecule has 1 aromatic rings. The summed E-state index contributed by atoms with van der Waals surface area (Å²) < 4.78 is 5.71. The molecule has 0 saturated heterocycles. The Labute approximate surface area is 93.8 Å². The van der Waals surface area contributed by atoms with Crippen LogP contribution in [0.1, 0.15) is 29.8 Å². The van der Waals surface area contributed by atoms with Crippen LogP contribution in [0.4, 0.5) is 0 Å². The molecular weight excluding hydrogens is 206 g/mol. The molecule has 1 fully saturated rings. The Morgan fingerprint density at radius 3 is 2.94 bits per heavy atom. The van der Waals surface area contributed by atoms with Gasteiger partial charge in [-0.1, -0.05) is 0 Å². The van der Waals surface area contributed by atoms with E-state index in [4.69, 9.17) is 16.2 Å². The second kappa shape index (κ2) is 4.49. The SMILES string of the molecule is NC(=O)c1cc(OC2CCC(N)C2)ccn1. The van der Waals surface area contributed by atoms with Crippen molar-refractivity contribution in [1.29, 1.82) is 0 Å². The first-order chi connectivity index (χ1) is 7.65. The number of carbonyl (C=O) groups excluding carboxylic acids is 1. The van der Waals surface area contributed by atoms with E-state index in [1.165, 1.54) is 6.20 Å². The molecule has 5 nitrogen and oxygen atoms in total. The van der Waals surface area contributed by atoms with Crippen molar-refractivity contribution in [2.45, 2.75) is 31.4 Å². The number of ether oxygens (including phenoxy) is 1. The van der Waals surface area contributed by atoms with Crippen molar-refractivity contribution in [2.24, 2.45) is 11.5 Å². The quantitative estimate of drug-likeness (QED) is 0.774. The first-order valence-electron chi connectivity index (χ1n) is 5.33. The van der Waals surface area contributed by atoms with Gasteiger partial charge in [-0.05, 0) is 25.3 Å². The van der Waals surface area contributed by atoms with Crippen molar-refractivity contribution < 1.29 is 9.53 Å². The molecule has 0 spiro atoms. The molecule has 86 valence electrons. The van der Waals surface area contributed by atoms with Crippen LogP contribution in [-0.4, -0.2) is 23.0 Å². The highest BCUT2D eigenvalue weighted by molar-refractivity contribution is 5.91. The number of nitrogens with zero attached hydrogens (tertiary/aromatic N) is 1. The van der Waals surface area contributed by atoms with Crippen LogP contribution >= 0.6 is 0 Å². The summed E-state index contributed by atoms with van der Waals surface area (Å²) in [5.74, 6) is 0.0801. The summed E-state index contributed by atoms with van der Waals surface area (Å²) in [7, 11) is 0. The first-order valence-corrected chi connectivity index (χ1v) is 5.33. The van der Waals surface area contributed by atoms with Gasteiger partial charge in [0.25, 0.3) is 5.91 Å². The minimum Gasteiger partial charge on any atom is -0.490 e. The highest BCUT2D eigenvalue weighted by Crippen LogP contribution is 2.23. The molecule has 16 heavy (non-hydrogen) atoms. The maximum atomic E-state index is 10.9. The van der Waals surface area contributed by atoms with Gasteiger partial charge in [0, 0.05) is 18.3 Å². The summed E-state index contributed by atoms with van der Waals surface area (Å²) in [6, 6.07) is 3.50. The van der Waals surface area contributed by atoms with E-state index in [0.717, 1.165) is 19.3 Å². The van der Waals surface area contributed by atoms with Crippen molar-refractivity contribution in [3.05, 3.63) is 24.0 Å². The predicted molar refractivity (Wildman–Crippen MR) is 59.0 cm³/mol. The van der Waals surface area contributed by atoms with Crippen molar-refractivity contribution in [3.63, 3.8) is 0 Å². The van der Waals surface area contributed by atoms with Crippen LogP contribution in [0.5, 0.6) is 5.75 Å². The molecule has 0 aliphatic heterocycles. The molecular formula is C11H15N3O2. The zero-order valence-electron chi connectivity index (χ0n) is 8.93. The topological polar surface area (TPSA) is 91.2 Å². The van der Waals surface area contributed by atoms with E-state index < -0.39 is 5.91 Å². The molecule has 0 aromatic carbocycles. The van der Waals surface area contributed by atoms with Crippen LogP contribution in [-0.2, 0) is 0 Å². The van der Waals surface area contributed by atoms with Gasteiger partial charge in [0.1, 0.15) is 17.5 Å². The second-order valence-electron chi connectivity index (χ2n) is 4.05. The zero-order valence-corrected chi connectivity index (χ0v) is 8.93. The summed E-state index contributed by atoms with van der Waals surface area (Å²) in [5, 5.41) is 0. The summed E-state index contributed by atoms with van der Waals surface area (Å²) >= 11 is 0. The van der Waals surface area contributed by atoms with E-state index >= 15 is 0 Å². The maximum Gasteiger partial charge on any atom is 0.267 e. The Balaban J connectivity index is 2.04.